The molecule has 0 saturated heterocycles. The maximum Gasteiger partial charge on any atom is 0.356 e. The third-order valence-corrected chi connectivity index (χ3v) is 23.1. The second-order valence-electron chi connectivity index (χ2n) is 32.7. The average molecular weight is 1720 g/mol. The van der Waals surface area contributed by atoms with Crippen molar-refractivity contribution in [3.05, 3.63) is 310 Å². The number of aromatic carboxylic acids is 8. The van der Waals surface area contributed by atoms with Gasteiger partial charge in [-0.3, -0.25) is 28.1 Å². The van der Waals surface area contributed by atoms with Gasteiger partial charge < -0.3 is 40.9 Å². The molecule has 6 aliphatic rings. The second kappa shape index (κ2) is 43.0. The van der Waals surface area contributed by atoms with Crippen molar-refractivity contribution in [2.24, 2.45) is 23.7 Å². The first-order chi connectivity index (χ1) is 60.4. The molecule has 126 heavy (non-hydrogen) atoms. The molecule has 0 atom stereocenters. The summed E-state index contributed by atoms with van der Waals surface area (Å²) in [6, 6.07) is 53.7. The monoisotopic (exact) mass is 1710 g/mol. The molecule has 0 amide bonds. The Morgan fingerprint density at radius 1 is 0.357 bits per heavy atom. The van der Waals surface area contributed by atoms with Gasteiger partial charge in [-0.1, -0.05) is 154 Å². The molecule has 32 heteroatoms. The SMILES string of the molecule is CC(C)(c1ccccc1)n1ccc(C(=O)O)n1.Cc1cccc(C)c1-n1ccc(C(=O)O)n1.Cc1cccc(C)c1Cn1ccc(C(=O)O)n1.O=C(O)c1ccn(-c2ccccc2)n1.O=C(O)c1ccn(C23CC4CC(CC(C4)C2)C3)n1.O=C(O)c1ccn(C2CCCCC2)n1.O=C(O)c1ccn(CC2CCCCC2)n1.O=C(O)c1ccn(Cc2ccccc2)n1. The van der Waals surface area contributed by atoms with E-state index in [4.69, 9.17) is 40.9 Å². The molecule has 6 saturated carbocycles. The number of aryl methyl sites for hydroxylation is 4. The quantitative estimate of drug-likeness (QED) is 0.0351. The lowest BCUT2D eigenvalue weighted by Crippen LogP contribution is -2.52. The van der Waals surface area contributed by atoms with Crippen molar-refractivity contribution in [2.45, 2.75) is 181 Å². The van der Waals surface area contributed by atoms with E-state index in [2.05, 4.69) is 40.8 Å². The van der Waals surface area contributed by atoms with E-state index < -0.39 is 47.8 Å². The van der Waals surface area contributed by atoms with Gasteiger partial charge in [0, 0.05) is 56.1 Å². The van der Waals surface area contributed by atoms with Crippen molar-refractivity contribution in [3.8, 4) is 11.4 Å². The van der Waals surface area contributed by atoms with E-state index in [0.29, 0.717) is 25.0 Å². The number of carbonyl (C=O) groups is 8. The first kappa shape index (κ1) is 92.3. The lowest BCUT2D eigenvalue weighted by Gasteiger charge is -2.56. The molecule has 658 valence electrons. The third kappa shape index (κ3) is 25.1. The Kier molecular flexibility index (Phi) is 31.5. The summed E-state index contributed by atoms with van der Waals surface area (Å²) in [4.78, 5) is 85.6. The zero-order chi connectivity index (χ0) is 90.2. The molecule has 13 aromatic rings. The minimum atomic E-state index is -1.01. The molecular weight excluding hydrogens is 1610 g/mol. The first-order valence-electron chi connectivity index (χ1n) is 41.9. The highest BCUT2D eigenvalue weighted by Gasteiger charge is 2.52. The number of benzene rings is 5. The minimum absolute atomic E-state index is 0.0499. The van der Waals surface area contributed by atoms with Crippen LogP contribution in [-0.2, 0) is 30.7 Å². The predicted molar refractivity (Wildman–Crippen MR) is 466 cm³/mol. The summed E-state index contributed by atoms with van der Waals surface area (Å²) in [7, 11) is 0. The van der Waals surface area contributed by atoms with Crippen LogP contribution in [0.5, 0.6) is 0 Å². The highest BCUT2D eigenvalue weighted by Crippen LogP contribution is 2.58. The number of nitrogens with zero attached hydrogens (tertiary/aromatic N) is 16. The van der Waals surface area contributed by atoms with Gasteiger partial charge in [-0.15, -0.1) is 0 Å². The lowest BCUT2D eigenvalue weighted by atomic mass is 9.53. The lowest BCUT2D eigenvalue weighted by molar-refractivity contribution is -0.0495. The number of rotatable bonds is 20. The van der Waals surface area contributed by atoms with Gasteiger partial charge in [0.25, 0.3) is 0 Å². The number of hydrogen-bond donors (Lipinski definition) is 8. The molecule has 0 spiro atoms. The predicted octanol–water partition coefficient (Wildman–Crippen LogP) is 16.8. The van der Waals surface area contributed by atoms with E-state index in [-0.39, 0.29) is 56.6 Å². The van der Waals surface area contributed by atoms with Crippen molar-refractivity contribution in [3.63, 3.8) is 0 Å². The van der Waals surface area contributed by atoms with Crippen LogP contribution in [0.25, 0.3) is 11.4 Å². The molecule has 4 bridgehead atoms. The summed E-state index contributed by atoms with van der Waals surface area (Å²) in [5, 5.41) is 103. The highest BCUT2D eigenvalue weighted by molar-refractivity contribution is 5.88. The fraction of sp³-hybridized carbons (Fsp3) is 0.340. The maximum atomic E-state index is 11.0. The number of carboxylic acids is 8. The maximum absolute atomic E-state index is 11.0. The van der Waals surface area contributed by atoms with Gasteiger partial charge in [-0.25, -0.2) is 47.7 Å². The molecule has 32 nitrogen and oxygen atoms in total. The van der Waals surface area contributed by atoms with Crippen molar-refractivity contribution in [2.75, 3.05) is 0 Å². The summed E-state index contributed by atoms with van der Waals surface area (Å²) in [6.07, 6.45) is 34.0. The number of hydrogen-bond acceptors (Lipinski definition) is 16. The first-order valence-corrected chi connectivity index (χ1v) is 41.9. The molecule has 19 rings (SSSR count). The molecule has 5 aromatic carbocycles. The normalized spacial score (nSPS) is 16.6. The van der Waals surface area contributed by atoms with Gasteiger partial charge in [-0.2, -0.15) is 40.8 Å². The average Bonchev–Trinajstić information content (AvgIpc) is 1.01. The molecule has 8 N–H and O–H groups in total. The van der Waals surface area contributed by atoms with E-state index >= 15 is 0 Å². The van der Waals surface area contributed by atoms with Gasteiger partial charge >= 0.3 is 47.8 Å². The smallest absolute Gasteiger partial charge is 0.356 e. The van der Waals surface area contributed by atoms with Gasteiger partial charge in [0.2, 0.25) is 0 Å². The van der Waals surface area contributed by atoms with E-state index in [9.17, 15) is 38.4 Å². The van der Waals surface area contributed by atoms with Crippen molar-refractivity contribution < 1.29 is 79.2 Å². The molecule has 6 fully saturated rings. The van der Waals surface area contributed by atoms with Crippen LogP contribution in [0.4, 0.5) is 0 Å². The Morgan fingerprint density at radius 2 is 0.738 bits per heavy atom. The number of aromatic nitrogens is 16. The topological polar surface area (TPSA) is 441 Å². The Labute approximate surface area is 727 Å². The molecule has 0 radical (unpaired) electrons. The standard InChI is InChI=1S/C14H18N2O2.2C13H14N2O2.C12H12N2O2.C11H16N2O2.C11H10N2O2.C10H14N2O2.C10H8N2O2/c17-13(18)12-1-2-16(15-12)14-6-9-3-10(7-14)5-11(4-9)8-14;1-9-4-3-5-10(2)11(9)8-15-7-6-12(14-15)13(16)17;1-13(2,10-6-4-3-5-7-10)15-9-8-11(14-15)12(16)17;1-8-4-3-5-9(2)11(8)14-7-6-10(13-14)12(15)16;2*14-11(15)10-6-7-13(12-10)8-9-4-2-1-3-5-9;2*13-10(14)9-6-7-12(11-9)8-4-2-1-3-5-8/h1-2,9-11H,3-8H2,(H,17,18);3-7H,8H2,1-2H3,(H,16,17);3-9H,1-2H3,(H,16,17);3-7H,1-2H3,(H,15,16);6-7,9H,1-5,8H2,(H,14,15);1-7H,8H2,(H,14,15);6-8H,1-5H2,(H,13,14);1-7H,(H,13,14). The van der Waals surface area contributed by atoms with Gasteiger partial charge in [0.15, 0.2) is 45.6 Å². The molecule has 0 unspecified atom stereocenters. The van der Waals surface area contributed by atoms with Crippen LogP contribution in [0.15, 0.2) is 225 Å². The third-order valence-electron chi connectivity index (χ3n) is 23.1. The summed E-state index contributed by atoms with van der Waals surface area (Å²) < 4.78 is 13.6. The molecular formula is C94H106N16O16. The van der Waals surface area contributed by atoms with Gasteiger partial charge in [0.05, 0.1) is 41.6 Å². The molecule has 6 aliphatic carbocycles. The number of para-hydroxylation sites is 2. The van der Waals surface area contributed by atoms with E-state index in [1.165, 1.54) is 142 Å². The van der Waals surface area contributed by atoms with Crippen molar-refractivity contribution >= 4 is 47.8 Å². The Balaban J connectivity index is 0.000000140. The largest absolute Gasteiger partial charge is 0.476 e. The van der Waals surface area contributed by atoms with Crippen LogP contribution in [0.1, 0.15) is 245 Å². The van der Waals surface area contributed by atoms with Crippen LogP contribution >= 0.6 is 0 Å². The fourth-order valence-corrected chi connectivity index (χ4v) is 17.0. The van der Waals surface area contributed by atoms with Crippen LogP contribution in [0.2, 0.25) is 0 Å². The van der Waals surface area contributed by atoms with Crippen LogP contribution in [0.3, 0.4) is 0 Å². The second-order valence-corrected chi connectivity index (χ2v) is 32.7. The highest BCUT2D eigenvalue weighted by atomic mass is 16.4. The summed E-state index contributed by atoms with van der Waals surface area (Å²) >= 11 is 0. The molecule has 8 heterocycles. The van der Waals surface area contributed by atoms with Crippen LogP contribution in [0, 0.1) is 51.4 Å². The molecule has 8 aromatic heterocycles. The molecule has 0 aliphatic heterocycles. The van der Waals surface area contributed by atoms with Gasteiger partial charge in [0.1, 0.15) is 0 Å². The zero-order valence-electron chi connectivity index (χ0n) is 71.2. The summed E-state index contributed by atoms with van der Waals surface area (Å²) in [6.45, 7) is 14.1. The summed E-state index contributed by atoms with van der Waals surface area (Å²) in [5.74, 6) is -4.59. The summed E-state index contributed by atoms with van der Waals surface area (Å²) in [5.41, 5.74) is 10.3. The fourth-order valence-electron chi connectivity index (χ4n) is 17.0. The van der Waals surface area contributed by atoms with Gasteiger partial charge in [-0.05, 0) is 229 Å². The van der Waals surface area contributed by atoms with E-state index in [1.54, 1.807) is 85.0 Å². The minimum Gasteiger partial charge on any atom is -0.476 e. The van der Waals surface area contributed by atoms with Crippen LogP contribution in [-0.4, -0.2) is 167 Å². The van der Waals surface area contributed by atoms with Crippen LogP contribution < -0.4 is 0 Å². The Morgan fingerprint density at radius 3 is 1.21 bits per heavy atom. The van der Waals surface area contributed by atoms with E-state index in [0.717, 1.165) is 70.8 Å². The Bertz CT molecular complexity index is 5740. The Hall–Kier alpha value is -14.5. The van der Waals surface area contributed by atoms with E-state index in [1.807, 2.05) is 184 Å². The van der Waals surface area contributed by atoms with Crippen molar-refractivity contribution in [1.82, 2.24) is 78.2 Å². The van der Waals surface area contributed by atoms with Crippen molar-refractivity contribution in [1.29, 1.82) is 0 Å². The zero-order valence-corrected chi connectivity index (χ0v) is 71.2. The number of carboxylic acid groups (broad SMARTS) is 8.